The Labute approximate surface area is 67.9 Å². The molecule has 8 heavy (non-hydrogen) atoms. The summed E-state index contributed by atoms with van der Waals surface area (Å²) in [6.07, 6.45) is 3.72. The molecule has 0 unspecified atom stereocenters. The zero-order valence-electron chi connectivity index (χ0n) is 5.91. The second-order valence-electron chi connectivity index (χ2n) is 2.39. The zero-order chi connectivity index (χ0) is 5.70. The maximum Gasteiger partial charge on any atom is 0 e. The van der Waals surface area contributed by atoms with E-state index >= 15 is 0 Å². The summed E-state index contributed by atoms with van der Waals surface area (Å²) in [5.41, 5.74) is 0. The van der Waals surface area contributed by atoms with E-state index in [1.54, 1.807) is 0 Å². The van der Waals surface area contributed by atoms with Gasteiger partial charge in [0.15, 0.2) is 0 Å². The van der Waals surface area contributed by atoms with E-state index in [1.807, 2.05) is 0 Å². The number of hydrogen-bond acceptors (Lipinski definition) is 0. The summed E-state index contributed by atoms with van der Waals surface area (Å²) < 4.78 is 0. The van der Waals surface area contributed by atoms with Crippen molar-refractivity contribution in [2.75, 3.05) is 0 Å². The van der Waals surface area contributed by atoms with Crippen molar-refractivity contribution in [2.45, 2.75) is 33.1 Å². The third-order valence-corrected chi connectivity index (χ3v) is 1.03. The van der Waals surface area contributed by atoms with Crippen molar-refractivity contribution in [3.8, 4) is 0 Å². The van der Waals surface area contributed by atoms with Crippen molar-refractivity contribution in [1.29, 1.82) is 0 Å². The minimum absolute atomic E-state index is 0. The Hall–Kier alpha value is 0.714. The number of rotatable bonds is 3. The average molecular weight is 147 g/mol. The van der Waals surface area contributed by atoms with Crippen molar-refractivity contribution in [2.24, 2.45) is 5.92 Å². The van der Waals surface area contributed by atoms with Gasteiger partial charge in [0, 0.05) is 21.7 Å². The van der Waals surface area contributed by atoms with Crippen LogP contribution in [0.1, 0.15) is 33.1 Å². The first-order valence-electron chi connectivity index (χ1n) is 3.06. The van der Waals surface area contributed by atoms with Crippen molar-refractivity contribution >= 4 is 0 Å². The fourth-order valence-electron chi connectivity index (χ4n) is 0.553. The van der Waals surface area contributed by atoms with Gasteiger partial charge in [-0.2, -0.15) is 6.42 Å². The molecule has 0 N–H and O–H groups in total. The van der Waals surface area contributed by atoms with Gasteiger partial charge in [0.05, 0.1) is 0 Å². The predicted molar refractivity (Wildman–Crippen MR) is 34.0 cm³/mol. The van der Waals surface area contributed by atoms with Crippen LogP contribution in [-0.2, 0) is 21.7 Å². The molecule has 0 aromatic rings. The van der Waals surface area contributed by atoms with Gasteiger partial charge in [-0.05, 0) is 5.92 Å². The molecular weight excluding hydrogens is 132 g/mol. The summed E-state index contributed by atoms with van der Waals surface area (Å²) in [5, 5.41) is 0. The molecule has 0 aliphatic heterocycles. The van der Waals surface area contributed by atoms with Crippen molar-refractivity contribution in [1.82, 2.24) is 0 Å². The summed E-state index contributed by atoms with van der Waals surface area (Å²) in [6, 6.07) is 0. The average Bonchev–Trinajstić information content (AvgIpc) is 1.61. The standard InChI is InChI=1S/C7H15.Ti/c1-4-5-6-7(2)3;/h7H,1,4-6H2,2-3H3;/q-1;. The fourth-order valence-corrected chi connectivity index (χ4v) is 0.553. The molecule has 0 aliphatic carbocycles. The maximum absolute atomic E-state index is 3.76. The molecule has 48 valence electrons. The Kier molecular flexibility index (Phi) is 11.1. The first-order chi connectivity index (χ1) is 3.27. The topological polar surface area (TPSA) is 0 Å². The van der Waals surface area contributed by atoms with E-state index in [-0.39, 0.29) is 21.7 Å². The van der Waals surface area contributed by atoms with Crippen LogP contribution in [0.15, 0.2) is 0 Å². The van der Waals surface area contributed by atoms with Crippen LogP contribution in [0.25, 0.3) is 0 Å². The van der Waals surface area contributed by atoms with Crippen LogP contribution < -0.4 is 0 Å². The first-order valence-corrected chi connectivity index (χ1v) is 3.06. The van der Waals surface area contributed by atoms with Crippen LogP contribution in [0, 0.1) is 12.8 Å². The fraction of sp³-hybridized carbons (Fsp3) is 0.857. The second-order valence-corrected chi connectivity index (χ2v) is 2.39. The number of hydrogen-bond donors (Lipinski definition) is 0. The monoisotopic (exact) mass is 147 g/mol. The van der Waals surface area contributed by atoms with Gasteiger partial charge in [-0.15, -0.1) is 0 Å². The van der Waals surface area contributed by atoms with E-state index in [2.05, 4.69) is 20.8 Å². The van der Waals surface area contributed by atoms with Crippen LogP contribution in [0.5, 0.6) is 0 Å². The van der Waals surface area contributed by atoms with Gasteiger partial charge in [-0.1, -0.05) is 26.7 Å². The molecule has 0 fully saturated rings. The van der Waals surface area contributed by atoms with Crippen molar-refractivity contribution in [3.63, 3.8) is 0 Å². The van der Waals surface area contributed by atoms with E-state index in [4.69, 9.17) is 0 Å². The minimum Gasteiger partial charge on any atom is -0.343 e. The molecule has 0 atom stereocenters. The summed E-state index contributed by atoms with van der Waals surface area (Å²) >= 11 is 0. The van der Waals surface area contributed by atoms with Crippen LogP contribution in [0.4, 0.5) is 0 Å². The summed E-state index contributed by atoms with van der Waals surface area (Å²) in [6.45, 7) is 8.25. The molecule has 0 aliphatic rings. The molecule has 0 rings (SSSR count). The molecule has 0 saturated heterocycles. The van der Waals surface area contributed by atoms with E-state index in [0.717, 1.165) is 12.3 Å². The van der Waals surface area contributed by atoms with E-state index < -0.39 is 0 Å². The quantitative estimate of drug-likeness (QED) is 0.425. The van der Waals surface area contributed by atoms with Crippen molar-refractivity contribution in [3.05, 3.63) is 6.92 Å². The molecule has 1 heteroatoms. The molecule has 0 aromatic heterocycles. The molecule has 0 spiro atoms. The van der Waals surface area contributed by atoms with Gasteiger partial charge in [0.1, 0.15) is 0 Å². The molecule has 0 nitrogen and oxygen atoms in total. The van der Waals surface area contributed by atoms with Gasteiger partial charge >= 0.3 is 0 Å². The minimum atomic E-state index is 0. The van der Waals surface area contributed by atoms with Crippen LogP contribution in [0.3, 0.4) is 0 Å². The van der Waals surface area contributed by atoms with Gasteiger partial charge in [-0.3, -0.25) is 0 Å². The Morgan fingerprint density at radius 1 is 1.38 bits per heavy atom. The zero-order valence-corrected chi connectivity index (χ0v) is 7.47. The smallest absolute Gasteiger partial charge is 0 e. The summed E-state index contributed by atoms with van der Waals surface area (Å²) in [4.78, 5) is 0. The van der Waals surface area contributed by atoms with Crippen molar-refractivity contribution < 1.29 is 21.7 Å². The van der Waals surface area contributed by atoms with Gasteiger partial charge in [0.25, 0.3) is 0 Å². The number of unbranched alkanes of at least 4 members (excludes halogenated alkanes) is 1. The molecule has 0 radical (unpaired) electrons. The van der Waals surface area contributed by atoms with Gasteiger partial charge in [0.2, 0.25) is 0 Å². The van der Waals surface area contributed by atoms with E-state index in [9.17, 15) is 0 Å². The van der Waals surface area contributed by atoms with E-state index in [0.29, 0.717) is 0 Å². The normalized spacial score (nSPS) is 9.00. The molecule has 0 bridgehead atoms. The first kappa shape index (κ1) is 11.5. The molecule has 0 amide bonds. The Morgan fingerprint density at radius 3 is 2.00 bits per heavy atom. The largest absolute Gasteiger partial charge is 0.343 e. The van der Waals surface area contributed by atoms with Crippen LogP contribution in [0.2, 0.25) is 0 Å². The Bertz CT molecular complexity index is 33.4. The van der Waals surface area contributed by atoms with Gasteiger partial charge < -0.3 is 6.92 Å². The SMILES string of the molecule is [CH2-]CCCC(C)C.[Ti]. The van der Waals surface area contributed by atoms with Crippen LogP contribution in [-0.4, -0.2) is 0 Å². The summed E-state index contributed by atoms with van der Waals surface area (Å²) in [7, 11) is 0. The predicted octanol–water partition coefficient (Wildman–Crippen LogP) is 2.64. The van der Waals surface area contributed by atoms with Gasteiger partial charge in [-0.25, -0.2) is 0 Å². The third-order valence-electron chi connectivity index (χ3n) is 1.03. The Morgan fingerprint density at radius 2 is 1.88 bits per heavy atom. The molecular formula is C7H15Ti-. The van der Waals surface area contributed by atoms with Crippen LogP contribution >= 0.6 is 0 Å². The summed E-state index contributed by atoms with van der Waals surface area (Å²) in [5.74, 6) is 0.863. The maximum atomic E-state index is 3.76. The molecule has 0 saturated carbocycles. The van der Waals surface area contributed by atoms with E-state index in [1.165, 1.54) is 12.8 Å². The second kappa shape index (κ2) is 7.71. The Balaban J connectivity index is 0. The third kappa shape index (κ3) is 9.86. The molecule has 0 heterocycles. The molecule has 0 aromatic carbocycles.